The fraction of sp³-hybridized carbons (Fsp3) is 0.462. The van der Waals surface area contributed by atoms with Crippen LogP contribution >= 0.6 is 0 Å². The average Bonchev–Trinajstić information content (AvgIpc) is 2.87. The topological polar surface area (TPSA) is 180 Å². The molecule has 10 nitrogen and oxygen atoms in total. The number of rotatable bonds is 3. The predicted octanol–water partition coefficient (Wildman–Crippen LogP) is 0.812. The van der Waals surface area contributed by atoms with Gasteiger partial charge in [0.05, 0.1) is 42.5 Å². The second-order valence-electron chi connectivity index (χ2n) is 9.59. The van der Waals surface area contributed by atoms with Crippen LogP contribution in [0.3, 0.4) is 0 Å². The highest BCUT2D eigenvalue weighted by Gasteiger charge is 2.49. The number of ether oxygens (including phenoxy) is 2. The molecule has 1 saturated heterocycles. The SMILES string of the molecule is [2H]C([2H])([2H])C([2H])(O)[C@]1(O)Cc2c(O)c3c(c(O)c2[C@@H](O[C@H]2C[C@H](N)[C@H](O)[C@H](C)O2)C1)C(=O)c1ccccc1C3=O. The minimum absolute atomic E-state index is 0.00762. The van der Waals surface area contributed by atoms with Crippen molar-refractivity contribution in [2.24, 2.45) is 5.73 Å². The molecule has 1 unspecified atom stereocenters. The molecule has 2 aromatic rings. The van der Waals surface area contributed by atoms with Crippen LogP contribution in [0.2, 0.25) is 0 Å². The van der Waals surface area contributed by atoms with Crippen LogP contribution in [0.1, 0.15) is 81.2 Å². The van der Waals surface area contributed by atoms with E-state index in [1.165, 1.54) is 31.2 Å². The van der Waals surface area contributed by atoms with Crippen LogP contribution in [0.15, 0.2) is 24.3 Å². The summed E-state index contributed by atoms with van der Waals surface area (Å²) in [5.41, 5.74) is 1.48. The summed E-state index contributed by atoms with van der Waals surface area (Å²) in [5.74, 6) is -3.12. The molecule has 1 heterocycles. The zero-order chi connectivity index (χ0) is 29.5. The van der Waals surface area contributed by atoms with Crippen molar-refractivity contribution in [3.63, 3.8) is 0 Å². The molecule has 0 saturated carbocycles. The van der Waals surface area contributed by atoms with Crippen LogP contribution in [-0.2, 0) is 15.9 Å². The van der Waals surface area contributed by atoms with Crippen molar-refractivity contribution in [3.05, 3.63) is 57.6 Å². The van der Waals surface area contributed by atoms with Crippen molar-refractivity contribution in [2.75, 3.05) is 0 Å². The molecule has 0 radical (unpaired) electrons. The van der Waals surface area contributed by atoms with Gasteiger partial charge in [0.25, 0.3) is 0 Å². The third kappa shape index (κ3) is 3.64. The molecule has 3 aliphatic rings. The molecule has 0 aromatic heterocycles. The molecular formula is C26H29NO9. The fourth-order valence-corrected chi connectivity index (χ4v) is 5.34. The Morgan fingerprint density at radius 2 is 1.81 bits per heavy atom. The third-order valence-corrected chi connectivity index (χ3v) is 7.28. The number of benzene rings is 2. The van der Waals surface area contributed by atoms with E-state index >= 15 is 0 Å². The van der Waals surface area contributed by atoms with E-state index in [4.69, 9.17) is 20.7 Å². The second kappa shape index (κ2) is 8.62. The van der Waals surface area contributed by atoms with Crippen LogP contribution in [0.4, 0.5) is 0 Å². The van der Waals surface area contributed by atoms with E-state index in [0.717, 1.165) is 0 Å². The highest BCUT2D eigenvalue weighted by molar-refractivity contribution is 6.30. The van der Waals surface area contributed by atoms with Gasteiger partial charge >= 0.3 is 0 Å². The Labute approximate surface area is 212 Å². The van der Waals surface area contributed by atoms with Gasteiger partial charge in [0.1, 0.15) is 11.5 Å². The summed E-state index contributed by atoms with van der Waals surface area (Å²) in [4.78, 5) is 26.8. The van der Waals surface area contributed by atoms with E-state index in [1.807, 2.05) is 0 Å². The molecule has 192 valence electrons. The lowest BCUT2D eigenvalue weighted by Gasteiger charge is -2.43. The first-order valence-corrected chi connectivity index (χ1v) is 11.5. The number of hydrogen-bond acceptors (Lipinski definition) is 10. The third-order valence-electron chi connectivity index (χ3n) is 7.28. The molecule has 1 fully saturated rings. The molecule has 2 aromatic carbocycles. The number of aliphatic hydroxyl groups excluding tert-OH is 1. The lowest BCUT2D eigenvalue weighted by molar-refractivity contribution is -0.250. The van der Waals surface area contributed by atoms with Gasteiger partial charge in [-0.05, 0) is 13.8 Å². The number of phenolic OH excluding ortho intramolecular Hbond substituents is 2. The van der Waals surface area contributed by atoms with Crippen LogP contribution in [-0.4, -0.2) is 73.3 Å². The molecule has 0 bridgehead atoms. The Bertz CT molecular complexity index is 1400. The van der Waals surface area contributed by atoms with Gasteiger partial charge in [-0.2, -0.15) is 0 Å². The van der Waals surface area contributed by atoms with Gasteiger partial charge < -0.3 is 40.7 Å². The fourth-order valence-electron chi connectivity index (χ4n) is 5.34. The summed E-state index contributed by atoms with van der Waals surface area (Å²) < 4.78 is 42.9. The maximum absolute atomic E-state index is 13.4. The largest absolute Gasteiger partial charge is 0.507 e. The van der Waals surface area contributed by atoms with Gasteiger partial charge in [0, 0.05) is 51.7 Å². The number of aliphatic hydroxyl groups is 3. The van der Waals surface area contributed by atoms with E-state index in [9.17, 15) is 35.1 Å². The van der Waals surface area contributed by atoms with Crippen molar-refractivity contribution >= 4 is 11.6 Å². The summed E-state index contributed by atoms with van der Waals surface area (Å²) in [6.07, 6.45) is -9.77. The first-order chi connectivity index (χ1) is 18.5. The molecular weight excluding hydrogens is 470 g/mol. The van der Waals surface area contributed by atoms with Gasteiger partial charge in [-0.15, -0.1) is 0 Å². The zero-order valence-electron chi connectivity index (χ0n) is 23.3. The number of aromatic hydroxyl groups is 2. The molecule has 5 rings (SSSR count). The highest BCUT2D eigenvalue weighted by Crippen LogP contribution is 2.52. The van der Waals surface area contributed by atoms with Crippen molar-refractivity contribution in [1.82, 2.24) is 0 Å². The van der Waals surface area contributed by atoms with Crippen molar-refractivity contribution in [2.45, 2.75) is 75.4 Å². The van der Waals surface area contributed by atoms with Gasteiger partial charge in [0.15, 0.2) is 17.9 Å². The number of phenols is 2. The second-order valence-corrected chi connectivity index (χ2v) is 9.59. The van der Waals surface area contributed by atoms with E-state index in [-0.39, 0.29) is 28.7 Å². The minimum atomic E-state index is -3.49. The predicted molar refractivity (Wildman–Crippen MR) is 125 cm³/mol. The van der Waals surface area contributed by atoms with Crippen molar-refractivity contribution in [1.29, 1.82) is 0 Å². The summed E-state index contributed by atoms with van der Waals surface area (Å²) in [6, 6.07) is 5.00. The van der Waals surface area contributed by atoms with Gasteiger partial charge in [-0.3, -0.25) is 9.59 Å². The Balaban J connectivity index is 1.70. The van der Waals surface area contributed by atoms with E-state index < -0.39 is 96.2 Å². The van der Waals surface area contributed by atoms with Gasteiger partial charge in [0.2, 0.25) is 0 Å². The Hall–Kier alpha value is -2.86. The molecule has 7 atom stereocenters. The van der Waals surface area contributed by atoms with E-state index in [2.05, 4.69) is 0 Å². The summed E-state index contributed by atoms with van der Waals surface area (Å²) >= 11 is 0. The molecule has 10 heteroatoms. The number of carbonyl (C=O) groups excluding carboxylic acids is 2. The van der Waals surface area contributed by atoms with Crippen LogP contribution in [0, 0.1) is 0 Å². The van der Waals surface area contributed by atoms with Gasteiger partial charge in [-0.25, -0.2) is 0 Å². The number of hydrogen-bond donors (Lipinski definition) is 6. The van der Waals surface area contributed by atoms with Crippen LogP contribution in [0.5, 0.6) is 11.5 Å². The molecule has 2 aliphatic carbocycles. The summed E-state index contributed by atoms with van der Waals surface area (Å²) in [7, 11) is 0. The minimum Gasteiger partial charge on any atom is -0.507 e. The zero-order valence-corrected chi connectivity index (χ0v) is 19.3. The lowest BCUT2D eigenvalue weighted by atomic mass is 9.71. The first kappa shape index (κ1) is 20.2. The normalized spacial score (nSPS) is 35.3. The average molecular weight is 504 g/mol. The Morgan fingerprint density at radius 1 is 1.19 bits per heavy atom. The Kier molecular flexibility index (Phi) is 4.84. The lowest BCUT2D eigenvalue weighted by Crippen LogP contribution is -2.53. The molecule has 0 amide bonds. The quantitative estimate of drug-likeness (QED) is 0.280. The number of ketones is 2. The maximum Gasteiger partial charge on any atom is 0.198 e. The molecule has 1 aliphatic heterocycles. The first-order valence-electron chi connectivity index (χ1n) is 13.5. The number of fused-ring (bicyclic) bond motifs is 3. The van der Waals surface area contributed by atoms with E-state index in [1.54, 1.807) is 0 Å². The van der Waals surface area contributed by atoms with Gasteiger partial charge in [-0.1, -0.05) is 24.3 Å². The maximum atomic E-state index is 13.4. The highest BCUT2D eigenvalue weighted by atomic mass is 16.7. The number of carbonyl (C=O) groups is 2. The standard InChI is InChI=1S/C26H29NO9/c1-10-21(29)15(27)7-17(35-10)36-16-9-26(34,11(2)28)8-14-18(16)25(33)20-19(24(14)32)22(30)12-5-3-4-6-13(12)23(20)31/h3-6,10-11,15-17,21,28-29,32-34H,7-9,27H2,1-2H3/t10-,11?,15-,16-,17-,21+,26-/m0/s1/i2D3,11D. The van der Waals surface area contributed by atoms with Crippen LogP contribution in [0.25, 0.3) is 0 Å². The molecule has 0 spiro atoms. The van der Waals surface area contributed by atoms with Crippen LogP contribution < -0.4 is 5.73 Å². The summed E-state index contributed by atoms with van der Waals surface area (Å²) in [6.45, 7) is -1.90. The monoisotopic (exact) mass is 503 g/mol. The van der Waals surface area contributed by atoms with E-state index in [0.29, 0.717) is 0 Å². The van der Waals surface area contributed by atoms with Crippen molar-refractivity contribution in [3.8, 4) is 11.5 Å². The van der Waals surface area contributed by atoms with Crippen molar-refractivity contribution < 1.29 is 50.1 Å². The smallest absolute Gasteiger partial charge is 0.198 e. The Morgan fingerprint density at radius 3 is 2.39 bits per heavy atom. The number of nitrogens with two attached hydrogens (primary N) is 1. The molecule has 36 heavy (non-hydrogen) atoms. The summed E-state index contributed by atoms with van der Waals surface area (Å²) in [5, 5.41) is 55.2. The molecule has 7 N–H and O–H groups in total.